The van der Waals surface area contributed by atoms with Crippen LogP contribution < -0.4 is 10.6 Å². The quantitative estimate of drug-likeness (QED) is 0.724. The number of amides is 2. The number of fused-ring (bicyclic) bond motifs is 1. The monoisotopic (exact) mass is 367 g/mol. The van der Waals surface area contributed by atoms with Crippen molar-refractivity contribution in [1.29, 1.82) is 0 Å². The first-order valence-corrected chi connectivity index (χ1v) is 9.18. The standard InChI is InChI=1S/C19H17N3O3S/c23-17(12-5-2-1-3-6-12)22-19-21-16-14(8-9-15(16)26-19)18(24)20-11-13-7-4-10-25-13/h1-7,10,14H,8-9,11H2,(H,20,24)(H,21,22,23)/t14-/m0/s1. The topological polar surface area (TPSA) is 84.2 Å². The second-order valence-electron chi connectivity index (χ2n) is 6.04. The van der Waals surface area contributed by atoms with E-state index in [-0.39, 0.29) is 17.7 Å². The normalized spacial score (nSPS) is 15.5. The van der Waals surface area contributed by atoms with Crippen molar-refractivity contribution in [2.75, 3.05) is 5.32 Å². The molecule has 0 saturated carbocycles. The fraction of sp³-hybridized carbons (Fsp3) is 0.211. The summed E-state index contributed by atoms with van der Waals surface area (Å²) in [6, 6.07) is 12.6. The Morgan fingerprint density at radius 2 is 2.04 bits per heavy atom. The van der Waals surface area contributed by atoms with E-state index in [1.165, 1.54) is 11.3 Å². The summed E-state index contributed by atoms with van der Waals surface area (Å²) < 4.78 is 5.23. The van der Waals surface area contributed by atoms with Gasteiger partial charge in [0.1, 0.15) is 5.76 Å². The molecular formula is C19H17N3O3S. The number of hydrogen-bond donors (Lipinski definition) is 2. The van der Waals surface area contributed by atoms with Crippen LogP contribution in [-0.2, 0) is 17.8 Å². The van der Waals surface area contributed by atoms with Gasteiger partial charge in [-0.25, -0.2) is 4.98 Å². The van der Waals surface area contributed by atoms with Crippen molar-refractivity contribution < 1.29 is 14.0 Å². The van der Waals surface area contributed by atoms with Gasteiger partial charge in [-0.2, -0.15) is 0 Å². The maximum atomic E-state index is 12.5. The molecule has 0 bridgehead atoms. The lowest BCUT2D eigenvalue weighted by Crippen LogP contribution is -2.28. The summed E-state index contributed by atoms with van der Waals surface area (Å²) in [6.45, 7) is 0.361. The van der Waals surface area contributed by atoms with E-state index in [9.17, 15) is 9.59 Å². The lowest BCUT2D eigenvalue weighted by Gasteiger charge is -2.09. The fourth-order valence-corrected chi connectivity index (χ4v) is 4.04. The van der Waals surface area contributed by atoms with E-state index in [1.807, 2.05) is 24.3 Å². The largest absolute Gasteiger partial charge is 0.467 e. The number of furan rings is 1. The predicted octanol–water partition coefficient (Wildman–Crippen LogP) is 3.33. The van der Waals surface area contributed by atoms with Crippen LogP contribution in [0.3, 0.4) is 0 Å². The Bertz CT molecular complexity index is 919. The highest BCUT2D eigenvalue weighted by molar-refractivity contribution is 7.16. The molecule has 0 aliphatic heterocycles. The van der Waals surface area contributed by atoms with Crippen molar-refractivity contribution in [3.05, 3.63) is 70.6 Å². The van der Waals surface area contributed by atoms with Crippen LogP contribution in [0.4, 0.5) is 5.13 Å². The minimum absolute atomic E-state index is 0.0635. The third-order valence-corrected chi connectivity index (χ3v) is 5.35. The van der Waals surface area contributed by atoms with E-state index in [1.54, 1.807) is 24.5 Å². The Morgan fingerprint density at radius 1 is 1.19 bits per heavy atom. The highest BCUT2D eigenvalue weighted by Gasteiger charge is 2.32. The molecule has 1 aromatic carbocycles. The van der Waals surface area contributed by atoms with Crippen LogP contribution in [0.1, 0.15) is 39.0 Å². The SMILES string of the molecule is O=C(Nc1nc2c(s1)CC[C@@H]2C(=O)NCc1ccco1)c1ccccc1. The minimum atomic E-state index is -0.279. The van der Waals surface area contributed by atoms with Gasteiger partial charge in [0.2, 0.25) is 5.91 Å². The first-order chi connectivity index (χ1) is 12.7. The Morgan fingerprint density at radius 3 is 2.81 bits per heavy atom. The summed E-state index contributed by atoms with van der Waals surface area (Å²) in [5.41, 5.74) is 1.35. The Balaban J connectivity index is 1.42. The zero-order chi connectivity index (χ0) is 17.9. The van der Waals surface area contributed by atoms with Crippen molar-refractivity contribution in [3.63, 3.8) is 0 Å². The number of aromatic nitrogens is 1. The number of nitrogens with zero attached hydrogens (tertiary/aromatic N) is 1. The predicted molar refractivity (Wildman–Crippen MR) is 98.1 cm³/mol. The number of rotatable bonds is 5. The zero-order valence-electron chi connectivity index (χ0n) is 13.9. The zero-order valence-corrected chi connectivity index (χ0v) is 14.7. The van der Waals surface area contributed by atoms with Crippen molar-refractivity contribution in [2.24, 2.45) is 0 Å². The molecule has 2 heterocycles. The van der Waals surface area contributed by atoms with E-state index < -0.39 is 0 Å². The highest BCUT2D eigenvalue weighted by Crippen LogP contribution is 2.38. The number of nitrogens with one attached hydrogen (secondary N) is 2. The van der Waals surface area contributed by atoms with Crippen molar-refractivity contribution >= 4 is 28.3 Å². The lowest BCUT2D eigenvalue weighted by molar-refractivity contribution is -0.122. The van der Waals surface area contributed by atoms with Gasteiger partial charge in [0.25, 0.3) is 5.91 Å². The van der Waals surface area contributed by atoms with Crippen molar-refractivity contribution in [1.82, 2.24) is 10.3 Å². The summed E-state index contributed by atoms with van der Waals surface area (Å²) >= 11 is 1.44. The van der Waals surface area contributed by atoms with Gasteiger partial charge in [-0.15, -0.1) is 11.3 Å². The van der Waals surface area contributed by atoms with Crippen LogP contribution in [-0.4, -0.2) is 16.8 Å². The maximum absolute atomic E-state index is 12.5. The molecule has 1 aliphatic carbocycles. The third kappa shape index (κ3) is 3.39. The van der Waals surface area contributed by atoms with Crippen LogP contribution in [0.2, 0.25) is 0 Å². The maximum Gasteiger partial charge on any atom is 0.257 e. The molecule has 0 saturated heterocycles. The van der Waals surface area contributed by atoms with Gasteiger partial charge in [0.15, 0.2) is 5.13 Å². The summed E-state index contributed by atoms with van der Waals surface area (Å²) in [5, 5.41) is 6.25. The van der Waals surface area contributed by atoms with E-state index in [0.29, 0.717) is 23.0 Å². The van der Waals surface area contributed by atoms with Crippen LogP contribution in [0.15, 0.2) is 53.1 Å². The fourth-order valence-electron chi connectivity index (χ4n) is 3.01. The molecule has 132 valence electrons. The molecule has 1 aliphatic rings. The van der Waals surface area contributed by atoms with Crippen LogP contribution in [0, 0.1) is 0 Å². The molecule has 4 rings (SSSR count). The molecule has 2 amide bonds. The molecule has 0 fully saturated rings. The summed E-state index contributed by atoms with van der Waals surface area (Å²) in [6.07, 6.45) is 3.12. The highest BCUT2D eigenvalue weighted by atomic mass is 32.1. The number of carbonyl (C=O) groups excluding carboxylic acids is 2. The number of aryl methyl sites for hydroxylation is 1. The first kappa shape index (κ1) is 16.5. The summed E-state index contributed by atoms with van der Waals surface area (Å²) in [7, 11) is 0. The van der Waals surface area contributed by atoms with E-state index in [2.05, 4.69) is 15.6 Å². The Labute approximate surface area is 154 Å². The van der Waals surface area contributed by atoms with Gasteiger partial charge in [-0.05, 0) is 37.1 Å². The molecule has 26 heavy (non-hydrogen) atoms. The molecule has 6 nitrogen and oxygen atoms in total. The van der Waals surface area contributed by atoms with Crippen LogP contribution in [0.5, 0.6) is 0 Å². The van der Waals surface area contributed by atoms with Gasteiger partial charge < -0.3 is 9.73 Å². The van der Waals surface area contributed by atoms with E-state index >= 15 is 0 Å². The molecule has 0 spiro atoms. The number of thiazole rings is 1. The lowest BCUT2D eigenvalue weighted by atomic mass is 10.1. The van der Waals surface area contributed by atoms with Crippen LogP contribution in [0.25, 0.3) is 0 Å². The number of hydrogen-bond acceptors (Lipinski definition) is 5. The van der Waals surface area contributed by atoms with E-state index in [0.717, 1.165) is 23.4 Å². The first-order valence-electron chi connectivity index (χ1n) is 8.37. The summed E-state index contributed by atoms with van der Waals surface area (Å²) in [4.78, 5) is 30.3. The molecule has 1 atom stereocenters. The van der Waals surface area contributed by atoms with Gasteiger partial charge in [0, 0.05) is 10.4 Å². The summed E-state index contributed by atoms with van der Waals surface area (Å²) in [5.74, 6) is 0.174. The molecule has 3 aromatic rings. The number of carbonyl (C=O) groups is 2. The molecule has 0 radical (unpaired) electrons. The van der Waals surface area contributed by atoms with Gasteiger partial charge in [-0.3, -0.25) is 14.9 Å². The Kier molecular flexibility index (Phi) is 4.53. The smallest absolute Gasteiger partial charge is 0.257 e. The number of anilines is 1. The second kappa shape index (κ2) is 7.13. The second-order valence-corrected chi connectivity index (χ2v) is 7.12. The van der Waals surface area contributed by atoms with Gasteiger partial charge in [-0.1, -0.05) is 18.2 Å². The van der Waals surface area contributed by atoms with Crippen LogP contribution >= 0.6 is 11.3 Å². The molecule has 0 unspecified atom stereocenters. The average Bonchev–Trinajstić information content (AvgIpc) is 3.37. The van der Waals surface area contributed by atoms with E-state index in [4.69, 9.17) is 4.42 Å². The molecule has 7 heteroatoms. The molecule has 2 N–H and O–H groups in total. The number of benzene rings is 1. The minimum Gasteiger partial charge on any atom is -0.467 e. The van der Waals surface area contributed by atoms with Crippen molar-refractivity contribution in [2.45, 2.75) is 25.3 Å². The Hall–Kier alpha value is -2.93. The molecule has 2 aromatic heterocycles. The van der Waals surface area contributed by atoms with Gasteiger partial charge in [0.05, 0.1) is 24.4 Å². The van der Waals surface area contributed by atoms with Gasteiger partial charge >= 0.3 is 0 Å². The molecular weight excluding hydrogens is 350 g/mol. The van der Waals surface area contributed by atoms with Crippen molar-refractivity contribution in [3.8, 4) is 0 Å². The average molecular weight is 367 g/mol. The third-order valence-electron chi connectivity index (χ3n) is 4.31.